The molecule has 0 saturated carbocycles. The summed E-state index contributed by atoms with van der Waals surface area (Å²) in [7, 11) is -4.15. The van der Waals surface area contributed by atoms with Crippen LogP contribution in [0, 0.1) is 0 Å². The third kappa shape index (κ3) is 4.60. The zero-order valence-corrected chi connectivity index (χ0v) is 20.6. The van der Waals surface area contributed by atoms with Crippen LogP contribution < -0.4 is 4.90 Å². The number of anilines is 1. The number of fused-ring (bicyclic) bond motifs is 1. The molecule has 3 amide bonds. The lowest BCUT2D eigenvalue weighted by molar-refractivity contribution is -0.149. The maximum absolute atomic E-state index is 13.4. The summed E-state index contributed by atoms with van der Waals surface area (Å²) >= 11 is 3.33. The van der Waals surface area contributed by atoms with Crippen molar-refractivity contribution in [2.45, 2.75) is 31.1 Å². The average Bonchev–Trinajstić information content (AvgIpc) is 3.20. The smallest absolute Gasteiger partial charge is 0.245 e. The number of nitrogens with zero attached hydrogens (tertiary/aromatic N) is 3. The van der Waals surface area contributed by atoms with Gasteiger partial charge in [-0.05, 0) is 52.0 Å². The number of carbonyl (C=O) groups excluding carboxylic acids is 3. The fraction of sp³-hybridized carbons (Fsp3) is 0.348. The van der Waals surface area contributed by atoms with E-state index in [9.17, 15) is 22.8 Å². The molecule has 4 rings (SSSR count). The van der Waals surface area contributed by atoms with Crippen LogP contribution in [0.25, 0.3) is 0 Å². The molecule has 33 heavy (non-hydrogen) atoms. The predicted octanol–water partition coefficient (Wildman–Crippen LogP) is 2.35. The molecule has 1 saturated heterocycles. The Morgan fingerprint density at radius 3 is 2.36 bits per heavy atom. The minimum Gasteiger partial charge on any atom is -0.312 e. The number of amides is 3. The van der Waals surface area contributed by atoms with Gasteiger partial charge in [-0.1, -0.05) is 37.3 Å². The Balaban J connectivity index is 1.55. The second-order valence-electron chi connectivity index (χ2n) is 8.01. The molecule has 10 heteroatoms. The number of hydrogen-bond donors (Lipinski definition) is 0. The van der Waals surface area contributed by atoms with Crippen molar-refractivity contribution in [1.82, 2.24) is 9.21 Å². The fourth-order valence-electron chi connectivity index (χ4n) is 4.15. The van der Waals surface area contributed by atoms with Crippen LogP contribution in [-0.4, -0.2) is 61.5 Å². The first-order valence-corrected chi connectivity index (χ1v) is 13.0. The maximum atomic E-state index is 13.4. The van der Waals surface area contributed by atoms with E-state index >= 15 is 0 Å². The van der Waals surface area contributed by atoms with Gasteiger partial charge < -0.3 is 4.90 Å². The first-order chi connectivity index (χ1) is 15.7. The highest BCUT2D eigenvalue weighted by Gasteiger charge is 2.39. The van der Waals surface area contributed by atoms with Gasteiger partial charge in [0.1, 0.15) is 0 Å². The van der Waals surface area contributed by atoms with E-state index in [2.05, 4.69) is 15.9 Å². The summed E-state index contributed by atoms with van der Waals surface area (Å²) in [6, 6.07) is 12.6. The zero-order valence-electron chi connectivity index (χ0n) is 18.2. The van der Waals surface area contributed by atoms with Crippen LogP contribution in [0.15, 0.2) is 51.8 Å². The Morgan fingerprint density at radius 1 is 1.06 bits per heavy atom. The summed E-state index contributed by atoms with van der Waals surface area (Å²) in [5.41, 5.74) is 2.42. The van der Waals surface area contributed by atoms with E-state index in [-0.39, 0.29) is 17.3 Å². The molecule has 0 aromatic heterocycles. The molecular formula is C23H24BrN3O5S. The van der Waals surface area contributed by atoms with Gasteiger partial charge in [-0.2, -0.15) is 4.31 Å². The highest BCUT2D eigenvalue weighted by molar-refractivity contribution is 9.10. The molecule has 0 radical (unpaired) electrons. The van der Waals surface area contributed by atoms with Crippen molar-refractivity contribution in [2.24, 2.45) is 0 Å². The van der Waals surface area contributed by atoms with E-state index in [1.165, 1.54) is 6.07 Å². The molecule has 0 bridgehead atoms. The number of benzene rings is 2. The van der Waals surface area contributed by atoms with E-state index in [1.807, 2.05) is 30.3 Å². The van der Waals surface area contributed by atoms with Crippen LogP contribution in [0.2, 0.25) is 0 Å². The van der Waals surface area contributed by atoms with Gasteiger partial charge >= 0.3 is 0 Å². The quantitative estimate of drug-likeness (QED) is 0.531. The summed E-state index contributed by atoms with van der Waals surface area (Å²) < 4.78 is 28.1. The Morgan fingerprint density at radius 2 is 1.73 bits per heavy atom. The molecule has 2 aliphatic rings. The molecule has 0 atom stereocenters. The van der Waals surface area contributed by atoms with E-state index in [1.54, 1.807) is 17.9 Å². The monoisotopic (exact) mass is 533 g/mol. The summed E-state index contributed by atoms with van der Waals surface area (Å²) in [5.74, 6) is -1.19. The van der Waals surface area contributed by atoms with Crippen molar-refractivity contribution >= 4 is 49.4 Å². The first kappa shape index (κ1) is 23.6. The average molecular weight is 534 g/mol. The number of halogens is 1. The molecule has 0 N–H and O–H groups in total. The number of carbonyl (C=O) groups is 3. The van der Waals surface area contributed by atoms with E-state index in [0.29, 0.717) is 36.0 Å². The number of piperazine rings is 1. The Kier molecular flexibility index (Phi) is 6.69. The highest BCUT2D eigenvalue weighted by atomic mass is 79.9. The Labute approximate surface area is 201 Å². The second kappa shape index (κ2) is 9.36. The van der Waals surface area contributed by atoms with Crippen molar-refractivity contribution in [1.29, 1.82) is 0 Å². The van der Waals surface area contributed by atoms with Crippen LogP contribution in [-0.2, 0) is 37.2 Å². The molecule has 0 spiro atoms. The lowest BCUT2D eigenvalue weighted by Crippen LogP contribution is -2.55. The Bertz CT molecular complexity index is 1200. The standard InChI is InChI=1S/C23H24BrN3O5S/c1-2-21(28)26-11-9-17-12-18(24)20(13-19(17)26)33(31,32)25-14-22(29)27(23(30)15-25)10-8-16-6-4-3-5-7-16/h3-7,12-13H,2,8-11,14-15H2,1H3. The molecule has 174 valence electrons. The van der Waals surface area contributed by atoms with Crippen molar-refractivity contribution < 1.29 is 22.8 Å². The molecule has 1 fully saturated rings. The van der Waals surface area contributed by atoms with Gasteiger partial charge in [0.25, 0.3) is 0 Å². The summed E-state index contributed by atoms with van der Waals surface area (Å²) in [6.07, 6.45) is 1.45. The van der Waals surface area contributed by atoms with Crippen molar-refractivity contribution in [3.8, 4) is 0 Å². The molecular weight excluding hydrogens is 510 g/mol. The van der Waals surface area contributed by atoms with Crippen molar-refractivity contribution in [2.75, 3.05) is 31.1 Å². The van der Waals surface area contributed by atoms with Gasteiger partial charge in [-0.15, -0.1) is 0 Å². The summed E-state index contributed by atoms with van der Waals surface area (Å²) in [5, 5.41) is 0. The molecule has 0 unspecified atom stereocenters. The number of sulfonamides is 1. The normalized spacial score (nSPS) is 16.9. The van der Waals surface area contributed by atoms with Crippen LogP contribution in [0.5, 0.6) is 0 Å². The predicted molar refractivity (Wildman–Crippen MR) is 126 cm³/mol. The molecule has 8 nitrogen and oxygen atoms in total. The third-order valence-corrected chi connectivity index (χ3v) is 8.69. The van der Waals surface area contributed by atoms with Gasteiger partial charge in [-0.3, -0.25) is 19.3 Å². The Hall–Kier alpha value is -2.56. The SMILES string of the molecule is CCC(=O)N1CCc2cc(Br)c(S(=O)(=O)N3CC(=O)N(CCc4ccccc4)C(=O)C3)cc21. The first-order valence-electron chi connectivity index (χ1n) is 10.7. The van der Waals surface area contributed by atoms with Gasteiger partial charge in [-0.25, -0.2) is 8.42 Å². The van der Waals surface area contributed by atoms with Crippen LogP contribution in [0.1, 0.15) is 24.5 Å². The highest BCUT2D eigenvalue weighted by Crippen LogP contribution is 2.37. The number of rotatable bonds is 6. The molecule has 2 aromatic rings. The summed E-state index contributed by atoms with van der Waals surface area (Å²) in [6.45, 7) is 1.63. The third-order valence-electron chi connectivity index (χ3n) is 5.94. The zero-order chi connectivity index (χ0) is 23.8. The molecule has 2 aliphatic heterocycles. The fourth-order valence-corrected chi connectivity index (χ4v) is 6.56. The largest absolute Gasteiger partial charge is 0.312 e. The number of hydrogen-bond acceptors (Lipinski definition) is 5. The lowest BCUT2D eigenvalue weighted by Gasteiger charge is -2.32. The molecule has 2 heterocycles. The molecule has 0 aliphatic carbocycles. The van der Waals surface area contributed by atoms with Crippen molar-refractivity contribution in [3.05, 3.63) is 58.1 Å². The van der Waals surface area contributed by atoms with E-state index < -0.39 is 34.9 Å². The van der Waals surface area contributed by atoms with E-state index in [4.69, 9.17) is 0 Å². The van der Waals surface area contributed by atoms with Crippen LogP contribution in [0.4, 0.5) is 5.69 Å². The molecule has 2 aromatic carbocycles. The van der Waals surface area contributed by atoms with E-state index in [0.717, 1.165) is 20.3 Å². The van der Waals surface area contributed by atoms with Gasteiger partial charge in [0, 0.05) is 29.7 Å². The topological polar surface area (TPSA) is 95.1 Å². The minimum atomic E-state index is -4.15. The van der Waals surface area contributed by atoms with Gasteiger partial charge in [0.05, 0.1) is 18.0 Å². The second-order valence-corrected chi connectivity index (χ2v) is 10.8. The number of imide groups is 1. The van der Waals surface area contributed by atoms with Crippen molar-refractivity contribution in [3.63, 3.8) is 0 Å². The maximum Gasteiger partial charge on any atom is 0.245 e. The van der Waals surface area contributed by atoms with Crippen LogP contribution >= 0.6 is 15.9 Å². The summed E-state index contributed by atoms with van der Waals surface area (Å²) in [4.78, 5) is 40.3. The van der Waals surface area contributed by atoms with Gasteiger partial charge in [0.15, 0.2) is 0 Å². The lowest BCUT2D eigenvalue weighted by atomic mass is 10.1. The van der Waals surface area contributed by atoms with Gasteiger partial charge in [0.2, 0.25) is 27.7 Å². The van der Waals surface area contributed by atoms with Crippen LogP contribution in [0.3, 0.4) is 0 Å². The minimum absolute atomic E-state index is 0.0598.